The normalized spacial score (nSPS) is 10.6. The molecule has 0 aliphatic carbocycles. The monoisotopic (exact) mass is 282 g/mol. The van der Waals surface area contributed by atoms with Gasteiger partial charge >= 0.3 is 0 Å². The number of ether oxygens (including phenoxy) is 1. The van der Waals surface area contributed by atoms with E-state index in [4.69, 9.17) is 4.74 Å². The van der Waals surface area contributed by atoms with Crippen LogP contribution in [-0.4, -0.2) is 27.6 Å². The third-order valence-corrected chi connectivity index (χ3v) is 3.20. The van der Waals surface area contributed by atoms with Gasteiger partial charge in [0.15, 0.2) is 0 Å². The molecule has 0 radical (unpaired) electrons. The van der Waals surface area contributed by atoms with Gasteiger partial charge in [-0.1, -0.05) is 0 Å². The van der Waals surface area contributed by atoms with E-state index in [-0.39, 0.29) is 5.91 Å². The molecule has 0 unspecified atom stereocenters. The second-order valence-corrected chi connectivity index (χ2v) is 4.60. The second kappa shape index (κ2) is 5.24. The van der Waals surface area contributed by atoms with E-state index in [9.17, 15) is 4.79 Å². The van der Waals surface area contributed by atoms with Crippen LogP contribution >= 0.6 is 0 Å². The van der Waals surface area contributed by atoms with E-state index in [2.05, 4.69) is 15.3 Å². The maximum Gasteiger partial charge on any atom is 0.259 e. The topological polar surface area (TPSA) is 69.0 Å². The Morgan fingerprint density at radius 1 is 1.29 bits per heavy atom. The SMILES string of the molecule is COc1ccc2cc(C(=O)Nc3nccn3C)cnc2c1. The fraction of sp³-hybridized carbons (Fsp3) is 0.133. The molecule has 0 saturated carbocycles. The average Bonchev–Trinajstić information content (AvgIpc) is 2.91. The summed E-state index contributed by atoms with van der Waals surface area (Å²) < 4.78 is 6.89. The minimum atomic E-state index is -0.241. The molecule has 1 aromatic carbocycles. The summed E-state index contributed by atoms with van der Waals surface area (Å²) >= 11 is 0. The van der Waals surface area contributed by atoms with Gasteiger partial charge in [-0.2, -0.15) is 0 Å². The van der Waals surface area contributed by atoms with E-state index < -0.39 is 0 Å². The third kappa shape index (κ3) is 2.55. The number of amides is 1. The van der Waals surface area contributed by atoms with Gasteiger partial charge in [-0.3, -0.25) is 15.1 Å². The molecule has 0 fully saturated rings. The van der Waals surface area contributed by atoms with Gasteiger partial charge in [-0.15, -0.1) is 0 Å². The Kier molecular flexibility index (Phi) is 3.27. The van der Waals surface area contributed by atoms with Crippen molar-refractivity contribution >= 4 is 22.8 Å². The number of anilines is 1. The Morgan fingerprint density at radius 2 is 2.14 bits per heavy atom. The maximum atomic E-state index is 12.2. The van der Waals surface area contributed by atoms with Crippen LogP contribution in [-0.2, 0) is 7.05 Å². The van der Waals surface area contributed by atoms with Crippen LogP contribution in [0.4, 0.5) is 5.95 Å². The molecule has 106 valence electrons. The van der Waals surface area contributed by atoms with Gasteiger partial charge in [0.1, 0.15) is 5.75 Å². The van der Waals surface area contributed by atoms with E-state index in [0.29, 0.717) is 11.5 Å². The van der Waals surface area contributed by atoms with E-state index in [1.807, 2.05) is 25.2 Å². The molecule has 2 aromatic heterocycles. The zero-order chi connectivity index (χ0) is 14.8. The number of carbonyl (C=O) groups excluding carboxylic acids is 1. The third-order valence-electron chi connectivity index (χ3n) is 3.20. The van der Waals surface area contributed by atoms with Crippen molar-refractivity contribution in [1.82, 2.24) is 14.5 Å². The van der Waals surface area contributed by atoms with Crippen molar-refractivity contribution in [2.75, 3.05) is 12.4 Å². The highest BCUT2D eigenvalue weighted by Gasteiger charge is 2.10. The van der Waals surface area contributed by atoms with Gasteiger partial charge in [0.25, 0.3) is 5.91 Å². The van der Waals surface area contributed by atoms with Crippen LogP contribution in [0, 0.1) is 0 Å². The summed E-state index contributed by atoms with van der Waals surface area (Å²) in [4.78, 5) is 20.6. The first-order valence-corrected chi connectivity index (χ1v) is 6.40. The number of aromatic nitrogens is 3. The van der Waals surface area contributed by atoms with Crippen molar-refractivity contribution in [3.8, 4) is 5.75 Å². The number of fused-ring (bicyclic) bond motifs is 1. The van der Waals surface area contributed by atoms with Gasteiger partial charge in [0, 0.05) is 37.1 Å². The number of rotatable bonds is 3. The molecule has 6 heteroatoms. The zero-order valence-electron chi connectivity index (χ0n) is 11.7. The lowest BCUT2D eigenvalue weighted by Crippen LogP contribution is -2.15. The number of hydrogen-bond acceptors (Lipinski definition) is 4. The Morgan fingerprint density at radius 3 is 2.86 bits per heavy atom. The number of nitrogens with one attached hydrogen (secondary N) is 1. The zero-order valence-corrected chi connectivity index (χ0v) is 11.7. The summed E-state index contributed by atoms with van der Waals surface area (Å²) in [6.07, 6.45) is 4.93. The van der Waals surface area contributed by atoms with E-state index in [1.54, 1.807) is 36.3 Å². The van der Waals surface area contributed by atoms with Gasteiger partial charge in [-0.05, 0) is 18.2 Å². The minimum absolute atomic E-state index is 0.241. The molecule has 21 heavy (non-hydrogen) atoms. The highest BCUT2D eigenvalue weighted by Crippen LogP contribution is 2.20. The number of pyridine rings is 1. The molecule has 0 bridgehead atoms. The first-order valence-electron chi connectivity index (χ1n) is 6.40. The lowest BCUT2D eigenvalue weighted by molar-refractivity contribution is 0.102. The Balaban J connectivity index is 1.90. The van der Waals surface area contributed by atoms with Crippen LogP contribution < -0.4 is 10.1 Å². The number of carbonyl (C=O) groups is 1. The molecule has 6 nitrogen and oxygen atoms in total. The van der Waals surface area contributed by atoms with Crippen molar-refractivity contribution in [3.63, 3.8) is 0 Å². The first kappa shape index (κ1) is 13.1. The molecule has 1 amide bonds. The van der Waals surface area contributed by atoms with Crippen LogP contribution in [0.5, 0.6) is 5.75 Å². The quantitative estimate of drug-likeness (QED) is 0.799. The minimum Gasteiger partial charge on any atom is -0.497 e. The summed E-state index contributed by atoms with van der Waals surface area (Å²) in [7, 11) is 3.42. The van der Waals surface area contributed by atoms with E-state index in [0.717, 1.165) is 16.7 Å². The number of imidazole rings is 1. The summed E-state index contributed by atoms with van der Waals surface area (Å²) in [5, 5.41) is 3.62. The summed E-state index contributed by atoms with van der Waals surface area (Å²) in [5.41, 5.74) is 1.26. The highest BCUT2D eigenvalue weighted by atomic mass is 16.5. The molecule has 0 saturated heterocycles. The lowest BCUT2D eigenvalue weighted by Gasteiger charge is -2.06. The number of benzene rings is 1. The van der Waals surface area contributed by atoms with Crippen LogP contribution in [0.3, 0.4) is 0 Å². The van der Waals surface area contributed by atoms with Crippen LogP contribution in [0.15, 0.2) is 42.9 Å². The average molecular weight is 282 g/mol. The van der Waals surface area contributed by atoms with Crippen LogP contribution in [0.25, 0.3) is 10.9 Å². The van der Waals surface area contributed by atoms with Crippen molar-refractivity contribution in [3.05, 3.63) is 48.4 Å². The van der Waals surface area contributed by atoms with E-state index >= 15 is 0 Å². The number of nitrogens with zero attached hydrogens (tertiary/aromatic N) is 3. The van der Waals surface area contributed by atoms with Gasteiger partial charge in [0.2, 0.25) is 5.95 Å². The Bertz CT molecular complexity index is 810. The van der Waals surface area contributed by atoms with E-state index in [1.165, 1.54) is 0 Å². The standard InChI is InChI=1S/C15H14N4O2/c1-19-6-5-16-15(19)18-14(20)11-7-10-3-4-12(21-2)8-13(10)17-9-11/h3-9H,1-2H3,(H,16,18,20). The largest absolute Gasteiger partial charge is 0.497 e. The van der Waals surface area contributed by atoms with Crippen molar-refractivity contribution in [1.29, 1.82) is 0 Å². The molecule has 1 N–H and O–H groups in total. The van der Waals surface area contributed by atoms with Crippen LogP contribution in [0.2, 0.25) is 0 Å². The van der Waals surface area contributed by atoms with Crippen molar-refractivity contribution < 1.29 is 9.53 Å². The summed E-state index contributed by atoms with van der Waals surface area (Å²) in [5.74, 6) is 0.990. The highest BCUT2D eigenvalue weighted by molar-refractivity contribution is 6.05. The molecule has 0 aliphatic rings. The fourth-order valence-corrected chi connectivity index (χ4v) is 2.01. The maximum absolute atomic E-state index is 12.2. The smallest absolute Gasteiger partial charge is 0.259 e. The lowest BCUT2D eigenvalue weighted by atomic mass is 10.1. The summed E-state index contributed by atoms with van der Waals surface area (Å²) in [6.45, 7) is 0. The molecular weight excluding hydrogens is 268 g/mol. The van der Waals surface area contributed by atoms with Gasteiger partial charge in [0.05, 0.1) is 18.2 Å². The number of hydrogen-bond donors (Lipinski definition) is 1. The molecular formula is C15H14N4O2. The molecule has 0 aliphatic heterocycles. The van der Waals surface area contributed by atoms with Crippen molar-refractivity contribution in [2.24, 2.45) is 7.05 Å². The fourth-order valence-electron chi connectivity index (χ4n) is 2.01. The predicted molar refractivity (Wildman–Crippen MR) is 79.5 cm³/mol. The second-order valence-electron chi connectivity index (χ2n) is 4.60. The van der Waals surface area contributed by atoms with Crippen LogP contribution in [0.1, 0.15) is 10.4 Å². The first-order chi connectivity index (χ1) is 10.2. The van der Waals surface area contributed by atoms with Gasteiger partial charge in [-0.25, -0.2) is 4.98 Å². The van der Waals surface area contributed by atoms with Crippen molar-refractivity contribution in [2.45, 2.75) is 0 Å². The van der Waals surface area contributed by atoms with Gasteiger partial charge < -0.3 is 9.30 Å². The Labute approximate surface area is 121 Å². The molecule has 0 spiro atoms. The predicted octanol–water partition coefficient (Wildman–Crippen LogP) is 2.23. The molecule has 3 aromatic rings. The number of aryl methyl sites for hydroxylation is 1. The Hall–Kier alpha value is -2.89. The molecule has 3 rings (SSSR count). The molecule has 0 atom stereocenters. The summed E-state index contributed by atoms with van der Waals surface area (Å²) in [6, 6.07) is 7.33. The number of methoxy groups -OCH3 is 1. The molecule has 2 heterocycles.